The van der Waals surface area contributed by atoms with Crippen molar-refractivity contribution in [1.82, 2.24) is 0 Å². The van der Waals surface area contributed by atoms with E-state index in [1.807, 2.05) is 36.4 Å². The Bertz CT molecular complexity index is 1230. The van der Waals surface area contributed by atoms with Crippen LogP contribution in [0.25, 0.3) is 11.1 Å². The molecule has 35 heavy (non-hydrogen) atoms. The maximum absolute atomic E-state index is 12.4. The van der Waals surface area contributed by atoms with E-state index < -0.39 is 29.9 Å². The molecule has 0 aromatic heterocycles. The first kappa shape index (κ1) is 24.6. The van der Waals surface area contributed by atoms with Crippen LogP contribution in [0.2, 0.25) is 0 Å². The molecule has 0 amide bonds. The monoisotopic (exact) mass is 496 g/mol. The number of carbonyl (C=O) groups is 1. The number of anilines is 1. The molecule has 0 radical (unpaired) electrons. The Labute approximate surface area is 206 Å². The molecule has 0 bridgehead atoms. The van der Waals surface area contributed by atoms with Crippen LogP contribution in [0.5, 0.6) is 17.2 Å². The number of carboxylic acids is 1. The second-order valence-corrected chi connectivity index (χ2v) is 8.87. The minimum absolute atomic E-state index is 0.428. The highest BCUT2D eigenvalue weighted by Crippen LogP contribution is 2.42. The molecule has 3 aromatic carbocycles. The van der Waals surface area contributed by atoms with Gasteiger partial charge < -0.3 is 23.9 Å². The Kier molecular flexibility index (Phi) is 7.57. The lowest BCUT2D eigenvalue weighted by Crippen LogP contribution is -2.33. The Morgan fingerprint density at radius 1 is 1.06 bits per heavy atom. The zero-order chi connectivity index (χ0) is 24.9. The highest BCUT2D eigenvalue weighted by atomic mass is 32.2. The van der Waals surface area contributed by atoms with Crippen LogP contribution < -0.4 is 18.5 Å². The van der Waals surface area contributed by atoms with Crippen LogP contribution in [0.1, 0.15) is 30.0 Å². The van der Waals surface area contributed by atoms with E-state index in [4.69, 9.17) is 19.3 Å². The summed E-state index contributed by atoms with van der Waals surface area (Å²) in [6.07, 6.45) is 2.07. The number of fused-ring (bicyclic) bond motifs is 1. The standard InChI is InChI=1S/C26H27NO7S/c1-32-24-11-4-6-19(26(24)33-2)17-12-14-18(15-13-17)27(35(30)31)22-9-3-8-21-20(22)7-5-10-23(21)34-16-25(28)29/h4-7,10-15,22H,3,8-9,16H2,1-2H3,(H,28,29)(H,30,31)/p-1. The summed E-state index contributed by atoms with van der Waals surface area (Å²) in [5.41, 5.74) is 3.88. The predicted octanol–water partition coefficient (Wildman–Crippen LogP) is 4.51. The minimum atomic E-state index is -2.54. The summed E-state index contributed by atoms with van der Waals surface area (Å²) in [5, 5.41) is 8.98. The molecule has 0 saturated heterocycles. The van der Waals surface area contributed by atoms with E-state index >= 15 is 0 Å². The van der Waals surface area contributed by atoms with Crippen molar-refractivity contribution in [2.24, 2.45) is 0 Å². The summed E-state index contributed by atoms with van der Waals surface area (Å²) in [4.78, 5) is 11.0. The van der Waals surface area contributed by atoms with Crippen molar-refractivity contribution in [3.05, 3.63) is 71.8 Å². The average molecular weight is 497 g/mol. The van der Waals surface area contributed by atoms with Crippen molar-refractivity contribution in [1.29, 1.82) is 0 Å². The van der Waals surface area contributed by atoms with Gasteiger partial charge in [-0.05, 0) is 60.2 Å². The molecule has 3 aromatic rings. The van der Waals surface area contributed by atoms with Gasteiger partial charge in [0.2, 0.25) is 0 Å². The fraction of sp³-hybridized carbons (Fsp3) is 0.269. The number of hydrogen-bond acceptors (Lipinski definition) is 6. The van der Waals surface area contributed by atoms with E-state index in [0.29, 0.717) is 35.8 Å². The van der Waals surface area contributed by atoms with Gasteiger partial charge in [0.1, 0.15) is 5.75 Å². The quantitative estimate of drug-likeness (QED) is 0.434. The van der Waals surface area contributed by atoms with E-state index in [2.05, 4.69) is 0 Å². The Balaban J connectivity index is 1.68. The summed E-state index contributed by atoms with van der Waals surface area (Å²) in [5.74, 6) is 0.620. The molecule has 0 spiro atoms. The summed E-state index contributed by atoms with van der Waals surface area (Å²) in [7, 11) is 3.15. The van der Waals surface area contributed by atoms with Gasteiger partial charge >= 0.3 is 5.97 Å². The van der Waals surface area contributed by atoms with Gasteiger partial charge in [0.15, 0.2) is 18.1 Å². The van der Waals surface area contributed by atoms with Gasteiger partial charge in [0.25, 0.3) is 0 Å². The number of ether oxygens (including phenoxy) is 3. The van der Waals surface area contributed by atoms with Crippen molar-refractivity contribution in [2.45, 2.75) is 25.3 Å². The number of carboxylic acid groups (broad SMARTS) is 1. The van der Waals surface area contributed by atoms with Crippen molar-refractivity contribution >= 4 is 22.9 Å². The topological polar surface area (TPSA) is 108 Å². The van der Waals surface area contributed by atoms with Crippen LogP contribution in [0, 0.1) is 0 Å². The smallest absolute Gasteiger partial charge is 0.341 e. The maximum Gasteiger partial charge on any atom is 0.341 e. The molecule has 2 atom stereocenters. The SMILES string of the molecule is COc1cccc(-c2ccc(N(C3CCCc4c(OCC(=O)O)cccc43)S(=O)[O-])cc2)c1OC. The van der Waals surface area contributed by atoms with Gasteiger partial charge in [0.05, 0.1) is 20.3 Å². The first-order valence-corrected chi connectivity index (χ1v) is 12.1. The van der Waals surface area contributed by atoms with Crippen LogP contribution in [-0.4, -0.2) is 40.7 Å². The first-order valence-electron chi connectivity index (χ1n) is 11.1. The third kappa shape index (κ3) is 5.11. The Morgan fingerprint density at radius 3 is 2.43 bits per heavy atom. The van der Waals surface area contributed by atoms with Crippen LogP contribution in [0.15, 0.2) is 60.7 Å². The van der Waals surface area contributed by atoms with Gasteiger partial charge in [-0.1, -0.05) is 36.4 Å². The third-order valence-corrected chi connectivity index (χ3v) is 6.85. The van der Waals surface area contributed by atoms with Crippen LogP contribution in [0.4, 0.5) is 5.69 Å². The zero-order valence-electron chi connectivity index (χ0n) is 19.4. The molecule has 8 nitrogen and oxygen atoms in total. The molecule has 4 rings (SSSR count). The van der Waals surface area contributed by atoms with Crippen LogP contribution in [0.3, 0.4) is 0 Å². The fourth-order valence-corrected chi connectivity index (χ4v) is 5.30. The van der Waals surface area contributed by atoms with E-state index in [-0.39, 0.29) is 0 Å². The normalized spacial score (nSPS) is 15.6. The lowest BCUT2D eigenvalue weighted by atomic mass is 9.87. The molecule has 0 fully saturated rings. The van der Waals surface area contributed by atoms with Crippen LogP contribution in [-0.2, 0) is 22.5 Å². The fourth-order valence-electron chi connectivity index (χ4n) is 4.58. The minimum Gasteiger partial charge on any atom is -0.755 e. The van der Waals surface area contributed by atoms with Gasteiger partial charge in [-0.25, -0.2) is 4.79 Å². The second kappa shape index (κ2) is 10.8. The number of aliphatic carboxylic acids is 1. The van der Waals surface area contributed by atoms with Gasteiger partial charge in [0, 0.05) is 22.5 Å². The molecule has 0 saturated carbocycles. The molecule has 184 valence electrons. The lowest BCUT2D eigenvalue weighted by molar-refractivity contribution is -0.139. The summed E-state index contributed by atoms with van der Waals surface area (Å²) < 4.78 is 42.6. The largest absolute Gasteiger partial charge is 0.755 e. The summed E-state index contributed by atoms with van der Waals surface area (Å²) in [6.45, 7) is -0.451. The molecular weight excluding hydrogens is 470 g/mol. The predicted molar refractivity (Wildman–Crippen MR) is 132 cm³/mol. The number of methoxy groups -OCH3 is 2. The number of nitrogens with zero attached hydrogens (tertiary/aromatic N) is 1. The van der Waals surface area contributed by atoms with Crippen molar-refractivity contribution in [2.75, 3.05) is 25.1 Å². The number of para-hydroxylation sites is 1. The van der Waals surface area contributed by atoms with Gasteiger partial charge in [-0.2, -0.15) is 0 Å². The lowest BCUT2D eigenvalue weighted by Gasteiger charge is -2.38. The zero-order valence-corrected chi connectivity index (χ0v) is 20.2. The molecule has 2 unspecified atom stereocenters. The van der Waals surface area contributed by atoms with E-state index in [0.717, 1.165) is 28.7 Å². The molecule has 1 aliphatic rings. The molecule has 9 heteroatoms. The molecule has 1 N–H and O–H groups in total. The van der Waals surface area contributed by atoms with Crippen molar-refractivity contribution in [3.63, 3.8) is 0 Å². The van der Waals surface area contributed by atoms with E-state index in [1.54, 1.807) is 38.5 Å². The summed E-state index contributed by atoms with van der Waals surface area (Å²) >= 11 is -2.54. The second-order valence-electron chi connectivity index (χ2n) is 8.05. The first-order chi connectivity index (χ1) is 16.9. The van der Waals surface area contributed by atoms with Crippen molar-refractivity contribution < 1.29 is 32.9 Å². The summed E-state index contributed by atoms with van der Waals surface area (Å²) in [6, 6.07) is 17.8. The molecule has 0 heterocycles. The third-order valence-electron chi connectivity index (χ3n) is 6.06. The highest BCUT2D eigenvalue weighted by Gasteiger charge is 2.29. The molecule has 0 aliphatic heterocycles. The van der Waals surface area contributed by atoms with Gasteiger partial charge in [-0.15, -0.1) is 0 Å². The van der Waals surface area contributed by atoms with E-state index in [9.17, 15) is 13.6 Å². The maximum atomic E-state index is 12.4. The van der Waals surface area contributed by atoms with Crippen LogP contribution >= 0.6 is 0 Å². The number of benzene rings is 3. The number of hydrogen-bond donors (Lipinski definition) is 1. The molecule has 1 aliphatic carbocycles. The highest BCUT2D eigenvalue weighted by molar-refractivity contribution is 7.80. The number of rotatable bonds is 9. The average Bonchev–Trinajstić information content (AvgIpc) is 2.87. The molecular formula is C26H26NO7S-. The van der Waals surface area contributed by atoms with E-state index in [1.165, 1.54) is 4.31 Å². The van der Waals surface area contributed by atoms with Crippen molar-refractivity contribution in [3.8, 4) is 28.4 Å². The Hall–Kier alpha value is -3.56. The Morgan fingerprint density at radius 2 is 1.77 bits per heavy atom. The van der Waals surface area contributed by atoms with Gasteiger partial charge in [-0.3, -0.25) is 8.51 Å².